The highest BCUT2D eigenvalue weighted by molar-refractivity contribution is 6.11. The lowest BCUT2D eigenvalue weighted by molar-refractivity contribution is 0.103. The van der Waals surface area contributed by atoms with Crippen molar-refractivity contribution >= 4 is 11.5 Å². The van der Waals surface area contributed by atoms with Gasteiger partial charge in [0.25, 0.3) is 0 Å². The van der Waals surface area contributed by atoms with E-state index in [2.05, 4.69) is 10.2 Å². The maximum Gasteiger partial charge on any atom is 0.195 e. The lowest BCUT2D eigenvalue weighted by Gasteiger charge is -2.01. The molecule has 1 aromatic carbocycles. The van der Waals surface area contributed by atoms with Gasteiger partial charge in [0.05, 0.1) is 5.56 Å². The molecule has 0 aliphatic heterocycles. The summed E-state index contributed by atoms with van der Waals surface area (Å²) in [7, 11) is 0. The molecule has 0 radical (unpaired) electrons. The molecule has 1 heterocycles. The van der Waals surface area contributed by atoms with Crippen molar-refractivity contribution in [3.8, 4) is 0 Å². The maximum absolute atomic E-state index is 12.0. The smallest absolute Gasteiger partial charge is 0.195 e. The lowest BCUT2D eigenvalue weighted by atomic mass is 10.0. The number of aromatic nitrogens is 1. The molecule has 0 amide bonds. The number of nitrogens with zero attached hydrogens (tertiary/aromatic N) is 2. The van der Waals surface area contributed by atoms with Gasteiger partial charge in [-0.15, -0.1) is 4.91 Å². The average Bonchev–Trinajstić information content (AvgIpc) is 2.39. The van der Waals surface area contributed by atoms with E-state index >= 15 is 0 Å². The van der Waals surface area contributed by atoms with Gasteiger partial charge in [0.1, 0.15) is 5.69 Å². The van der Waals surface area contributed by atoms with Crippen molar-refractivity contribution in [2.24, 2.45) is 5.18 Å². The molecule has 4 nitrogen and oxygen atoms in total. The van der Waals surface area contributed by atoms with Crippen molar-refractivity contribution in [3.05, 3.63) is 64.8 Å². The summed E-state index contributed by atoms with van der Waals surface area (Å²) >= 11 is 0. The average molecular weight is 212 g/mol. The predicted molar refractivity (Wildman–Crippen MR) is 59.6 cm³/mol. The molecular weight excluding hydrogens is 204 g/mol. The van der Waals surface area contributed by atoms with E-state index in [1.165, 1.54) is 18.5 Å². The summed E-state index contributed by atoms with van der Waals surface area (Å²) in [6.45, 7) is 0. The summed E-state index contributed by atoms with van der Waals surface area (Å²) in [5.74, 6) is -0.224. The van der Waals surface area contributed by atoms with Gasteiger partial charge < -0.3 is 0 Å². The van der Waals surface area contributed by atoms with Crippen molar-refractivity contribution in [1.82, 2.24) is 4.98 Å². The summed E-state index contributed by atoms with van der Waals surface area (Å²) in [5, 5.41) is 2.83. The fourth-order valence-electron chi connectivity index (χ4n) is 1.40. The zero-order chi connectivity index (χ0) is 11.4. The zero-order valence-corrected chi connectivity index (χ0v) is 8.33. The van der Waals surface area contributed by atoms with E-state index in [4.69, 9.17) is 0 Å². The zero-order valence-electron chi connectivity index (χ0n) is 8.33. The Kier molecular flexibility index (Phi) is 2.82. The number of pyridine rings is 1. The van der Waals surface area contributed by atoms with Crippen LogP contribution in [0.15, 0.2) is 54.0 Å². The van der Waals surface area contributed by atoms with Crippen LogP contribution in [0.1, 0.15) is 15.9 Å². The maximum atomic E-state index is 12.0. The highest BCUT2D eigenvalue weighted by atomic mass is 16.3. The van der Waals surface area contributed by atoms with Gasteiger partial charge in [-0.05, 0) is 29.4 Å². The number of rotatable bonds is 3. The molecule has 0 N–H and O–H groups in total. The molecule has 0 aliphatic rings. The van der Waals surface area contributed by atoms with Crippen LogP contribution < -0.4 is 0 Å². The van der Waals surface area contributed by atoms with Gasteiger partial charge in [-0.25, -0.2) is 0 Å². The third-order valence-corrected chi connectivity index (χ3v) is 2.19. The second-order valence-electron chi connectivity index (χ2n) is 3.17. The second kappa shape index (κ2) is 4.44. The fraction of sp³-hybridized carbons (Fsp3) is 0. The summed E-state index contributed by atoms with van der Waals surface area (Å²) < 4.78 is 0. The Morgan fingerprint density at radius 1 is 1.06 bits per heavy atom. The van der Waals surface area contributed by atoms with Crippen LogP contribution in [0.4, 0.5) is 5.69 Å². The van der Waals surface area contributed by atoms with Crippen molar-refractivity contribution < 1.29 is 4.79 Å². The molecule has 0 unspecified atom stereocenters. The van der Waals surface area contributed by atoms with Crippen LogP contribution in [-0.4, -0.2) is 10.8 Å². The number of ketones is 1. The van der Waals surface area contributed by atoms with E-state index in [-0.39, 0.29) is 11.5 Å². The van der Waals surface area contributed by atoms with Gasteiger partial charge in [0.2, 0.25) is 0 Å². The quantitative estimate of drug-likeness (QED) is 0.580. The fourth-order valence-corrected chi connectivity index (χ4v) is 1.40. The molecule has 2 aromatic rings. The van der Waals surface area contributed by atoms with Gasteiger partial charge in [-0.1, -0.05) is 12.1 Å². The van der Waals surface area contributed by atoms with E-state index in [0.717, 1.165) is 0 Å². The van der Waals surface area contributed by atoms with E-state index in [9.17, 15) is 9.70 Å². The number of hydrogen-bond donors (Lipinski definition) is 0. The molecule has 0 saturated carbocycles. The van der Waals surface area contributed by atoms with Crippen LogP contribution in [0.2, 0.25) is 0 Å². The molecule has 0 saturated heterocycles. The number of hydrogen-bond acceptors (Lipinski definition) is 4. The summed E-state index contributed by atoms with van der Waals surface area (Å²) in [6, 6.07) is 9.66. The highest BCUT2D eigenvalue weighted by Gasteiger charge is 2.12. The molecule has 0 atom stereocenters. The van der Waals surface area contributed by atoms with E-state index in [1.807, 2.05) is 0 Å². The molecule has 0 fully saturated rings. The Labute approximate surface area is 91.9 Å². The molecule has 0 bridgehead atoms. The Morgan fingerprint density at radius 2 is 1.75 bits per heavy atom. The SMILES string of the molecule is O=Nc1ccccc1C(=O)c1ccncc1. The summed E-state index contributed by atoms with van der Waals surface area (Å²) in [6.07, 6.45) is 3.06. The number of benzene rings is 1. The Bertz CT molecular complexity index is 524. The Morgan fingerprint density at radius 3 is 2.44 bits per heavy atom. The number of carbonyl (C=O) groups is 1. The summed E-state index contributed by atoms with van der Waals surface area (Å²) in [4.78, 5) is 26.4. The molecule has 0 spiro atoms. The number of carbonyl (C=O) groups excluding carboxylic acids is 1. The first-order valence-electron chi connectivity index (χ1n) is 4.70. The molecule has 78 valence electrons. The molecule has 4 heteroatoms. The van der Waals surface area contributed by atoms with Crippen molar-refractivity contribution in [2.75, 3.05) is 0 Å². The standard InChI is InChI=1S/C12H8N2O2/c15-12(9-5-7-13-8-6-9)10-3-1-2-4-11(10)14-16/h1-8H. The molecular formula is C12H8N2O2. The van der Waals surface area contributed by atoms with Crippen molar-refractivity contribution in [2.45, 2.75) is 0 Å². The molecule has 2 rings (SSSR count). The minimum Gasteiger partial charge on any atom is -0.289 e. The summed E-state index contributed by atoms with van der Waals surface area (Å²) in [5.41, 5.74) is 0.958. The molecule has 16 heavy (non-hydrogen) atoms. The van der Waals surface area contributed by atoms with Crippen LogP contribution in [0.25, 0.3) is 0 Å². The van der Waals surface area contributed by atoms with Gasteiger partial charge in [-0.3, -0.25) is 9.78 Å². The minimum absolute atomic E-state index is 0.157. The van der Waals surface area contributed by atoms with Crippen LogP contribution in [0, 0.1) is 4.91 Å². The molecule has 0 aliphatic carbocycles. The van der Waals surface area contributed by atoms with E-state index < -0.39 is 0 Å². The Hall–Kier alpha value is -2.36. The van der Waals surface area contributed by atoms with E-state index in [1.54, 1.807) is 30.3 Å². The topological polar surface area (TPSA) is 59.4 Å². The van der Waals surface area contributed by atoms with Crippen LogP contribution in [0.3, 0.4) is 0 Å². The normalized spacial score (nSPS) is 9.75. The van der Waals surface area contributed by atoms with Crippen molar-refractivity contribution in [1.29, 1.82) is 0 Å². The lowest BCUT2D eigenvalue weighted by Crippen LogP contribution is -2.01. The third kappa shape index (κ3) is 1.86. The Balaban J connectivity index is 2.46. The first kappa shape index (κ1) is 10.2. The van der Waals surface area contributed by atoms with Gasteiger partial charge in [0.15, 0.2) is 5.78 Å². The largest absolute Gasteiger partial charge is 0.289 e. The number of nitroso groups, excluding NO2 is 1. The van der Waals surface area contributed by atoms with Crippen LogP contribution in [0.5, 0.6) is 0 Å². The third-order valence-electron chi connectivity index (χ3n) is 2.19. The monoisotopic (exact) mass is 212 g/mol. The highest BCUT2D eigenvalue weighted by Crippen LogP contribution is 2.21. The van der Waals surface area contributed by atoms with Gasteiger partial charge in [-0.2, -0.15) is 0 Å². The molecule has 1 aromatic heterocycles. The second-order valence-corrected chi connectivity index (χ2v) is 3.17. The van der Waals surface area contributed by atoms with Crippen LogP contribution in [-0.2, 0) is 0 Å². The minimum atomic E-state index is -0.224. The van der Waals surface area contributed by atoms with Crippen LogP contribution >= 0.6 is 0 Å². The first-order chi connectivity index (χ1) is 7.83. The first-order valence-corrected chi connectivity index (χ1v) is 4.70. The predicted octanol–water partition coefficient (Wildman–Crippen LogP) is 2.71. The van der Waals surface area contributed by atoms with Gasteiger partial charge >= 0.3 is 0 Å². The van der Waals surface area contributed by atoms with Crippen molar-refractivity contribution in [3.63, 3.8) is 0 Å². The van der Waals surface area contributed by atoms with E-state index in [0.29, 0.717) is 11.1 Å². The van der Waals surface area contributed by atoms with Gasteiger partial charge in [0, 0.05) is 18.0 Å².